The van der Waals surface area contributed by atoms with Crippen LogP contribution >= 0.6 is 0 Å². The third-order valence-corrected chi connectivity index (χ3v) is 6.32. The highest BCUT2D eigenvalue weighted by atomic mass is 32.2. The van der Waals surface area contributed by atoms with Gasteiger partial charge in [-0.1, -0.05) is 0 Å². The molecule has 18 heavy (non-hydrogen) atoms. The molecule has 1 saturated carbocycles. The fraction of sp³-hybridized carbons (Fsp3) is 1.00. The Morgan fingerprint density at radius 2 is 1.89 bits per heavy atom. The van der Waals surface area contributed by atoms with Gasteiger partial charge in [-0.2, -0.15) is 0 Å². The minimum absolute atomic E-state index is 0.290. The minimum Gasteiger partial charge on any atom is -0.313 e. The van der Waals surface area contributed by atoms with Crippen LogP contribution in [0.3, 0.4) is 0 Å². The Morgan fingerprint density at radius 1 is 1.06 bits per heavy atom. The molecule has 0 radical (unpaired) electrons. The van der Waals surface area contributed by atoms with Crippen LogP contribution in [0.2, 0.25) is 0 Å². The highest BCUT2D eigenvalue weighted by molar-refractivity contribution is 7.91. The second-order valence-corrected chi connectivity index (χ2v) is 8.36. The maximum atomic E-state index is 11.8. The Morgan fingerprint density at radius 3 is 2.50 bits per heavy atom. The first-order valence-electron chi connectivity index (χ1n) is 7.34. The van der Waals surface area contributed by atoms with Crippen molar-refractivity contribution in [2.75, 3.05) is 24.6 Å². The van der Waals surface area contributed by atoms with Crippen molar-refractivity contribution >= 4 is 9.84 Å². The van der Waals surface area contributed by atoms with E-state index in [1.54, 1.807) is 0 Å². The van der Waals surface area contributed by atoms with E-state index >= 15 is 0 Å². The van der Waals surface area contributed by atoms with Crippen molar-refractivity contribution in [3.63, 3.8) is 0 Å². The molecule has 5 heteroatoms. The van der Waals surface area contributed by atoms with E-state index in [2.05, 4.69) is 10.2 Å². The van der Waals surface area contributed by atoms with E-state index in [0.29, 0.717) is 29.6 Å². The second kappa shape index (κ2) is 5.10. The van der Waals surface area contributed by atoms with E-state index in [1.807, 2.05) is 0 Å². The molecule has 2 unspecified atom stereocenters. The monoisotopic (exact) mass is 272 g/mol. The van der Waals surface area contributed by atoms with Crippen LogP contribution in [0.15, 0.2) is 0 Å². The van der Waals surface area contributed by atoms with Crippen LogP contribution < -0.4 is 5.32 Å². The maximum Gasteiger partial charge on any atom is 0.151 e. The molecule has 0 spiro atoms. The molecular weight excluding hydrogens is 248 g/mol. The number of rotatable bonds is 4. The Labute approximate surface area is 110 Å². The topological polar surface area (TPSA) is 49.4 Å². The molecule has 2 atom stereocenters. The lowest BCUT2D eigenvalue weighted by molar-refractivity contribution is 0.171. The Hall–Kier alpha value is -0.130. The smallest absolute Gasteiger partial charge is 0.151 e. The highest BCUT2D eigenvalue weighted by Crippen LogP contribution is 2.32. The van der Waals surface area contributed by atoms with Gasteiger partial charge >= 0.3 is 0 Å². The molecular formula is C13H24N2O2S. The van der Waals surface area contributed by atoms with Crippen LogP contribution in [0, 0.1) is 0 Å². The summed E-state index contributed by atoms with van der Waals surface area (Å²) in [7, 11) is -2.78. The molecule has 0 amide bonds. The Kier molecular flexibility index (Phi) is 3.65. The van der Waals surface area contributed by atoms with Gasteiger partial charge in [-0.05, 0) is 45.1 Å². The number of nitrogens with zero attached hydrogens (tertiary/aromatic N) is 1. The zero-order valence-electron chi connectivity index (χ0n) is 11.0. The number of nitrogens with one attached hydrogen (secondary N) is 1. The molecule has 0 aromatic heterocycles. The number of sulfone groups is 1. The molecule has 3 fully saturated rings. The van der Waals surface area contributed by atoms with Gasteiger partial charge < -0.3 is 5.32 Å². The van der Waals surface area contributed by atoms with E-state index in [1.165, 1.54) is 25.7 Å². The van der Waals surface area contributed by atoms with Gasteiger partial charge in [-0.15, -0.1) is 0 Å². The SMILES string of the molecule is O=S1(=O)CCCC(N(CC2CCCN2)C2CC2)C1. The zero-order chi connectivity index (χ0) is 12.6. The lowest BCUT2D eigenvalue weighted by atomic mass is 10.1. The largest absolute Gasteiger partial charge is 0.313 e. The van der Waals surface area contributed by atoms with Crippen molar-refractivity contribution in [3.8, 4) is 0 Å². The van der Waals surface area contributed by atoms with Crippen LogP contribution in [-0.4, -0.2) is 56.0 Å². The van der Waals surface area contributed by atoms with Gasteiger partial charge in [-0.3, -0.25) is 4.90 Å². The standard InChI is InChI=1S/C13H24N2O2S/c16-18(17)8-2-4-13(10-18)15(12-5-6-12)9-11-3-1-7-14-11/h11-14H,1-10H2. The highest BCUT2D eigenvalue weighted by Gasteiger charge is 2.38. The third kappa shape index (κ3) is 3.06. The fourth-order valence-corrected chi connectivity index (χ4v) is 5.15. The third-order valence-electron chi connectivity index (χ3n) is 4.52. The molecule has 104 valence electrons. The first-order valence-corrected chi connectivity index (χ1v) is 9.16. The second-order valence-electron chi connectivity index (χ2n) is 6.13. The van der Waals surface area contributed by atoms with E-state index in [9.17, 15) is 8.42 Å². The molecule has 0 aromatic rings. The molecule has 0 aromatic carbocycles. The molecule has 2 aliphatic heterocycles. The van der Waals surface area contributed by atoms with Gasteiger partial charge in [0.15, 0.2) is 9.84 Å². The summed E-state index contributed by atoms with van der Waals surface area (Å²) in [4.78, 5) is 2.51. The minimum atomic E-state index is -2.78. The summed E-state index contributed by atoms with van der Waals surface area (Å²) < 4.78 is 23.6. The summed E-state index contributed by atoms with van der Waals surface area (Å²) >= 11 is 0. The van der Waals surface area contributed by atoms with Crippen molar-refractivity contribution in [1.82, 2.24) is 10.2 Å². The predicted molar refractivity (Wildman–Crippen MR) is 72.4 cm³/mol. The van der Waals surface area contributed by atoms with Crippen LogP contribution in [0.5, 0.6) is 0 Å². The summed E-state index contributed by atoms with van der Waals surface area (Å²) in [6, 6.07) is 1.56. The van der Waals surface area contributed by atoms with Gasteiger partial charge in [0.2, 0.25) is 0 Å². The van der Waals surface area contributed by atoms with Crippen molar-refractivity contribution in [3.05, 3.63) is 0 Å². The first kappa shape index (κ1) is 12.9. The summed E-state index contributed by atoms with van der Waals surface area (Å²) in [5.74, 6) is 0.805. The average Bonchev–Trinajstić information content (AvgIpc) is 3.02. The average molecular weight is 272 g/mol. The van der Waals surface area contributed by atoms with Crippen molar-refractivity contribution in [2.24, 2.45) is 0 Å². The van der Waals surface area contributed by atoms with E-state index in [4.69, 9.17) is 0 Å². The van der Waals surface area contributed by atoms with Crippen LogP contribution in [-0.2, 0) is 9.84 Å². The van der Waals surface area contributed by atoms with Crippen LogP contribution in [0.25, 0.3) is 0 Å². The predicted octanol–water partition coefficient (Wildman–Crippen LogP) is 0.780. The van der Waals surface area contributed by atoms with Crippen molar-refractivity contribution in [2.45, 2.75) is 56.7 Å². The molecule has 3 rings (SSSR count). The van der Waals surface area contributed by atoms with Crippen LogP contribution in [0.1, 0.15) is 38.5 Å². The van der Waals surface area contributed by atoms with Gasteiger partial charge in [0, 0.05) is 24.7 Å². The van der Waals surface area contributed by atoms with E-state index < -0.39 is 9.84 Å². The number of hydrogen-bond acceptors (Lipinski definition) is 4. The Balaban J connectivity index is 1.65. The fourth-order valence-electron chi connectivity index (χ4n) is 3.43. The molecule has 4 nitrogen and oxygen atoms in total. The summed E-state index contributed by atoms with van der Waals surface area (Å²) in [5.41, 5.74) is 0. The molecule has 2 saturated heterocycles. The van der Waals surface area contributed by atoms with Crippen molar-refractivity contribution < 1.29 is 8.42 Å². The van der Waals surface area contributed by atoms with E-state index in [0.717, 1.165) is 25.9 Å². The number of hydrogen-bond donors (Lipinski definition) is 1. The molecule has 1 N–H and O–H groups in total. The normalized spacial score (nSPS) is 36.1. The van der Waals surface area contributed by atoms with Gasteiger partial charge in [0.25, 0.3) is 0 Å². The molecule has 2 heterocycles. The van der Waals surface area contributed by atoms with Crippen molar-refractivity contribution in [1.29, 1.82) is 0 Å². The Bertz CT molecular complexity index is 386. The summed E-state index contributed by atoms with van der Waals surface area (Å²) in [5, 5.41) is 3.54. The molecule has 3 aliphatic rings. The lowest BCUT2D eigenvalue weighted by Gasteiger charge is -2.35. The maximum absolute atomic E-state index is 11.8. The summed E-state index contributed by atoms with van der Waals surface area (Å²) in [6.07, 6.45) is 6.98. The van der Waals surface area contributed by atoms with Crippen LogP contribution in [0.4, 0.5) is 0 Å². The first-order chi connectivity index (χ1) is 8.64. The molecule has 1 aliphatic carbocycles. The lowest BCUT2D eigenvalue weighted by Crippen LogP contribution is -2.49. The van der Waals surface area contributed by atoms with Gasteiger partial charge in [0.1, 0.15) is 0 Å². The molecule has 0 bridgehead atoms. The van der Waals surface area contributed by atoms with E-state index in [-0.39, 0.29) is 0 Å². The summed E-state index contributed by atoms with van der Waals surface area (Å²) in [6.45, 7) is 2.19. The van der Waals surface area contributed by atoms with Gasteiger partial charge in [-0.25, -0.2) is 8.42 Å². The quantitative estimate of drug-likeness (QED) is 0.822. The zero-order valence-corrected chi connectivity index (χ0v) is 11.8. The van der Waals surface area contributed by atoms with Gasteiger partial charge in [0.05, 0.1) is 11.5 Å².